The molecule has 0 unspecified atom stereocenters. The van der Waals surface area contributed by atoms with Gasteiger partial charge in [0.05, 0.1) is 12.3 Å². The Morgan fingerprint density at radius 3 is 2.08 bits per heavy atom. The highest BCUT2D eigenvalue weighted by Crippen LogP contribution is 2.08. The van der Waals surface area contributed by atoms with Gasteiger partial charge in [0.1, 0.15) is 4.92 Å². The van der Waals surface area contributed by atoms with Crippen molar-refractivity contribution >= 4 is 5.88 Å². The summed E-state index contributed by atoms with van der Waals surface area (Å²) in [6.07, 6.45) is 1.26. The van der Waals surface area contributed by atoms with Crippen molar-refractivity contribution in [1.82, 2.24) is 0 Å². The maximum absolute atomic E-state index is 9.77. The maximum atomic E-state index is 9.77. The second-order valence-electron chi connectivity index (χ2n) is 1.45. The lowest BCUT2D eigenvalue weighted by Crippen LogP contribution is -1.81. The topological polar surface area (TPSA) is 120 Å². The summed E-state index contributed by atoms with van der Waals surface area (Å²) in [6, 6.07) is 2.76. The summed E-state index contributed by atoms with van der Waals surface area (Å²) < 4.78 is 4.40. The minimum Gasteiger partial charge on any atom is -0.409 e. The highest BCUT2D eigenvalue weighted by molar-refractivity contribution is 5.11. The molecule has 0 aliphatic heterocycles. The van der Waals surface area contributed by atoms with E-state index in [0.717, 1.165) is 0 Å². The molecular formula is C4H4N2O6. The van der Waals surface area contributed by atoms with E-state index in [1.54, 1.807) is 0 Å². The second-order valence-corrected chi connectivity index (χ2v) is 1.45. The SMILES string of the molecule is O=[N+]([O-])O.O=[N+]([O-])c1ccco1. The summed E-state index contributed by atoms with van der Waals surface area (Å²) in [5.74, 6) is -0.218. The van der Waals surface area contributed by atoms with E-state index in [2.05, 4.69) is 4.42 Å². The predicted molar refractivity (Wildman–Crippen MR) is 34.1 cm³/mol. The number of nitrogens with zero attached hydrogens (tertiary/aromatic N) is 2. The molecule has 1 heterocycles. The normalized spacial score (nSPS) is 8.00. The van der Waals surface area contributed by atoms with E-state index in [-0.39, 0.29) is 5.88 Å². The third-order valence-corrected chi connectivity index (χ3v) is 0.686. The zero-order valence-corrected chi connectivity index (χ0v) is 5.61. The molecule has 8 nitrogen and oxygen atoms in total. The molecule has 0 saturated heterocycles. The van der Waals surface area contributed by atoms with Crippen LogP contribution in [-0.2, 0) is 0 Å². The van der Waals surface area contributed by atoms with E-state index in [0.29, 0.717) is 0 Å². The summed E-state index contributed by atoms with van der Waals surface area (Å²) >= 11 is 0. The van der Waals surface area contributed by atoms with Crippen molar-refractivity contribution in [2.75, 3.05) is 0 Å². The van der Waals surface area contributed by atoms with Crippen molar-refractivity contribution in [2.45, 2.75) is 0 Å². The van der Waals surface area contributed by atoms with Gasteiger partial charge in [0.2, 0.25) is 0 Å². The zero-order chi connectivity index (χ0) is 9.56. The van der Waals surface area contributed by atoms with Gasteiger partial charge in [-0.25, -0.2) is 0 Å². The Balaban J connectivity index is 0.000000261. The van der Waals surface area contributed by atoms with Gasteiger partial charge in [0, 0.05) is 0 Å². The van der Waals surface area contributed by atoms with Gasteiger partial charge >= 0.3 is 5.88 Å². The molecule has 1 aromatic heterocycles. The van der Waals surface area contributed by atoms with Gasteiger partial charge in [-0.15, -0.1) is 10.1 Å². The second kappa shape index (κ2) is 4.66. The van der Waals surface area contributed by atoms with E-state index in [1.807, 2.05) is 0 Å². The molecule has 0 aliphatic carbocycles. The number of furan rings is 1. The maximum Gasteiger partial charge on any atom is 0.432 e. The van der Waals surface area contributed by atoms with Crippen LogP contribution in [0.15, 0.2) is 22.8 Å². The molecule has 0 spiro atoms. The molecule has 0 bridgehead atoms. The molecule has 1 rings (SSSR count). The number of hydrogen-bond donors (Lipinski definition) is 1. The van der Waals surface area contributed by atoms with Crippen molar-refractivity contribution in [2.24, 2.45) is 0 Å². The molecule has 0 aliphatic rings. The van der Waals surface area contributed by atoms with Crippen molar-refractivity contribution in [3.63, 3.8) is 0 Å². The first kappa shape index (κ1) is 9.88. The standard InChI is InChI=1S/C4H3NO3.HNO3/c6-5(7)4-2-1-3-8-4;2-1(3)4/h1-3H;(H,2,3,4). The summed E-state index contributed by atoms with van der Waals surface area (Å²) in [6.45, 7) is 0. The van der Waals surface area contributed by atoms with Crippen LogP contribution in [0.25, 0.3) is 0 Å². The van der Waals surface area contributed by atoms with Crippen LogP contribution in [0.1, 0.15) is 0 Å². The van der Waals surface area contributed by atoms with Crippen LogP contribution in [0, 0.1) is 20.2 Å². The highest BCUT2D eigenvalue weighted by atomic mass is 16.9. The summed E-state index contributed by atoms with van der Waals surface area (Å²) in [5.41, 5.74) is 0. The monoisotopic (exact) mass is 176 g/mol. The fourth-order valence-electron chi connectivity index (χ4n) is 0.374. The van der Waals surface area contributed by atoms with E-state index < -0.39 is 10.0 Å². The molecule has 0 aromatic carbocycles. The van der Waals surface area contributed by atoms with Crippen molar-refractivity contribution in [3.05, 3.63) is 38.6 Å². The average Bonchev–Trinajstić information content (AvgIpc) is 2.34. The lowest BCUT2D eigenvalue weighted by atomic mass is 10.6. The Labute approximate surface area is 65.3 Å². The summed E-state index contributed by atoms with van der Waals surface area (Å²) in [4.78, 5) is 17.6. The Bertz CT molecular complexity index is 251. The molecule has 1 N–H and O–H groups in total. The van der Waals surface area contributed by atoms with Gasteiger partial charge in [-0.2, -0.15) is 0 Å². The molecule has 0 saturated carbocycles. The van der Waals surface area contributed by atoms with Gasteiger partial charge in [-0.1, -0.05) is 0 Å². The molecule has 1 aromatic rings. The van der Waals surface area contributed by atoms with Crippen molar-refractivity contribution < 1.29 is 19.6 Å². The minimum atomic E-state index is -1.50. The third-order valence-electron chi connectivity index (χ3n) is 0.686. The molecule has 66 valence electrons. The molecule has 12 heavy (non-hydrogen) atoms. The predicted octanol–water partition coefficient (Wildman–Crippen LogP) is 0.840. The Hall–Kier alpha value is -2.12. The van der Waals surface area contributed by atoms with Gasteiger partial charge in [0.25, 0.3) is 5.09 Å². The van der Waals surface area contributed by atoms with Gasteiger partial charge in [-0.05, 0) is 6.07 Å². The minimum absolute atomic E-state index is 0.218. The van der Waals surface area contributed by atoms with E-state index >= 15 is 0 Å². The van der Waals surface area contributed by atoms with Gasteiger partial charge in [-0.3, -0.25) is 10.1 Å². The Morgan fingerprint density at radius 1 is 1.42 bits per heavy atom. The number of hydrogen-bond acceptors (Lipinski definition) is 5. The van der Waals surface area contributed by atoms with Crippen molar-refractivity contribution in [1.29, 1.82) is 0 Å². The Kier molecular flexibility index (Phi) is 3.84. The Morgan fingerprint density at radius 2 is 1.92 bits per heavy atom. The largest absolute Gasteiger partial charge is 0.432 e. The third kappa shape index (κ3) is 4.73. The first-order valence-corrected chi connectivity index (χ1v) is 2.55. The van der Waals surface area contributed by atoms with Crippen LogP contribution >= 0.6 is 0 Å². The quantitative estimate of drug-likeness (QED) is 0.499. The van der Waals surface area contributed by atoms with Crippen LogP contribution in [0.3, 0.4) is 0 Å². The van der Waals surface area contributed by atoms with Crippen LogP contribution in [0.2, 0.25) is 0 Å². The van der Waals surface area contributed by atoms with Crippen molar-refractivity contribution in [3.8, 4) is 0 Å². The number of rotatable bonds is 1. The molecule has 8 heteroatoms. The van der Waals surface area contributed by atoms with Gasteiger partial charge in [0.15, 0.2) is 0 Å². The van der Waals surface area contributed by atoms with Crippen LogP contribution in [0.5, 0.6) is 0 Å². The first-order valence-electron chi connectivity index (χ1n) is 2.55. The number of nitro groups is 1. The van der Waals surface area contributed by atoms with E-state index in [4.69, 9.17) is 15.3 Å². The van der Waals surface area contributed by atoms with E-state index in [9.17, 15) is 10.1 Å². The lowest BCUT2D eigenvalue weighted by molar-refractivity contribution is -0.742. The molecule has 0 fully saturated rings. The molecule has 0 amide bonds. The van der Waals surface area contributed by atoms with Crippen LogP contribution < -0.4 is 0 Å². The van der Waals surface area contributed by atoms with E-state index in [1.165, 1.54) is 18.4 Å². The molecular weight excluding hydrogens is 172 g/mol. The smallest absolute Gasteiger partial charge is 0.409 e. The summed E-state index contributed by atoms with van der Waals surface area (Å²) in [7, 11) is 0. The van der Waals surface area contributed by atoms with Crippen LogP contribution in [-0.4, -0.2) is 15.2 Å². The average molecular weight is 176 g/mol. The fourth-order valence-corrected chi connectivity index (χ4v) is 0.374. The fraction of sp³-hybridized carbons (Fsp3) is 0. The van der Waals surface area contributed by atoms with Gasteiger partial charge < -0.3 is 9.62 Å². The summed E-state index contributed by atoms with van der Waals surface area (Å²) in [5, 5.41) is 23.4. The van der Waals surface area contributed by atoms with Crippen LogP contribution in [0.4, 0.5) is 5.88 Å². The highest BCUT2D eigenvalue weighted by Gasteiger charge is 2.04. The first-order chi connectivity index (χ1) is 5.54. The molecule has 0 atom stereocenters. The molecule has 0 radical (unpaired) electrons. The lowest BCUT2D eigenvalue weighted by Gasteiger charge is -1.76. The zero-order valence-electron chi connectivity index (χ0n) is 5.61.